The molecule has 0 bridgehead atoms. The summed E-state index contributed by atoms with van der Waals surface area (Å²) in [6, 6.07) is 35.7. The Morgan fingerprint density at radius 2 is 1.46 bits per heavy atom. The van der Waals surface area contributed by atoms with Crippen molar-refractivity contribution >= 4 is 31.4 Å². The van der Waals surface area contributed by atoms with Crippen LogP contribution in [0.5, 0.6) is 11.5 Å². The zero-order chi connectivity index (χ0) is 44.5. The van der Waals surface area contributed by atoms with Gasteiger partial charge in [0.05, 0.1) is 46.3 Å². The summed E-state index contributed by atoms with van der Waals surface area (Å²) in [7, 11) is 1.29. The lowest BCUT2D eigenvalue weighted by molar-refractivity contribution is -0.0919. The summed E-state index contributed by atoms with van der Waals surface area (Å²) in [6.45, 7) is 7.96. The second-order valence-electron chi connectivity index (χ2n) is 15.3. The maximum absolute atomic E-state index is 17.7. The van der Waals surface area contributed by atoms with E-state index in [1.54, 1.807) is 38.5 Å². The maximum Gasteiger partial charge on any atom is 0.259 e. The highest BCUT2D eigenvalue weighted by atomic mass is 31.2. The highest BCUT2D eigenvalue weighted by molar-refractivity contribution is 7.44. The number of methoxy groups -OCH3 is 2. The van der Waals surface area contributed by atoms with Crippen LogP contribution in [0.15, 0.2) is 122 Å². The first-order valence-corrected chi connectivity index (χ1v) is 21.8. The van der Waals surface area contributed by atoms with Crippen molar-refractivity contribution in [1.29, 1.82) is 5.26 Å². The molecule has 6 aromatic rings. The van der Waals surface area contributed by atoms with Gasteiger partial charge in [-0.05, 0) is 80.8 Å². The molecule has 3 heterocycles. The van der Waals surface area contributed by atoms with Crippen LogP contribution in [0.3, 0.4) is 0 Å². The Morgan fingerprint density at radius 1 is 0.873 bits per heavy atom. The van der Waals surface area contributed by atoms with Crippen molar-refractivity contribution in [3.05, 3.63) is 144 Å². The molecule has 1 N–H and O–H groups in total. The van der Waals surface area contributed by atoms with E-state index in [0.29, 0.717) is 17.1 Å². The largest absolute Gasteiger partial charge is 0.497 e. The number of nitrogens with one attached hydrogen (secondary N) is 1. The number of carbonyl (C=O) groups excluding carboxylic acids is 1. The molecule has 0 saturated carbocycles. The van der Waals surface area contributed by atoms with E-state index in [0.717, 1.165) is 16.7 Å². The van der Waals surface area contributed by atoms with Crippen LogP contribution in [-0.4, -0.2) is 88.0 Å². The van der Waals surface area contributed by atoms with Gasteiger partial charge in [-0.2, -0.15) is 5.26 Å². The molecule has 16 heteroatoms. The average molecular weight is 876 g/mol. The van der Waals surface area contributed by atoms with Crippen molar-refractivity contribution < 1.29 is 37.2 Å². The summed E-state index contributed by atoms with van der Waals surface area (Å²) < 4.78 is 59.3. The van der Waals surface area contributed by atoms with Gasteiger partial charge in [0.2, 0.25) is 0 Å². The molecule has 0 radical (unpaired) electrons. The Labute approximate surface area is 367 Å². The van der Waals surface area contributed by atoms with Crippen LogP contribution in [0.1, 0.15) is 67.4 Å². The van der Waals surface area contributed by atoms with Gasteiger partial charge in [0, 0.05) is 17.6 Å². The van der Waals surface area contributed by atoms with Gasteiger partial charge in [0.15, 0.2) is 29.4 Å². The van der Waals surface area contributed by atoms with Gasteiger partial charge in [-0.15, -0.1) is 0 Å². The molecule has 2 aromatic heterocycles. The van der Waals surface area contributed by atoms with Gasteiger partial charge in [-0.1, -0.05) is 72.8 Å². The quantitative estimate of drug-likeness (QED) is 0.0469. The second-order valence-corrected chi connectivity index (χ2v) is 16.7. The summed E-state index contributed by atoms with van der Waals surface area (Å²) >= 11 is 0. The predicted molar refractivity (Wildman–Crippen MR) is 237 cm³/mol. The highest BCUT2D eigenvalue weighted by Crippen LogP contribution is 2.51. The Balaban J connectivity index is 1.31. The first-order chi connectivity index (χ1) is 30.6. The molecule has 328 valence electrons. The Bertz CT molecular complexity index is 2400. The smallest absolute Gasteiger partial charge is 0.259 e. The third-order valence-corrected chi connectivity index (χ3v) is 12.8. The number of hydrogen-bond donors (Lipinski definition) is 1. The van der Waals surface area contributed by atoms with Crippen LogP contribution in [0.2, 0.25) is 0 Å². The van der Waals surface area contributed by atoms with E-state index >= 15 is 4.39 Å². The number of nitriles is 1. The van der Waals surface area contributed by atoms with E-state index in [9.17, 15) is 10.1 Å². The van der Waals surface area contributed by atoms with E-state index < -0.39 is 44.6 Å². The van der Waals surface area contributed by atoms with E-state index in [-0.39, 0.29) is 48.7 Å². The number of aromatic nitrogens is 4. The summed E-state index contributed by atoms with van der Waals surface area (Å²) in [6.07, 6.45) is -2.59. The van der Waals surface area contributed by atoms with E-state index in [1.165, 1.54) is 17.2 Å². The standard InChI is InChI=1S/C47H51FN7O7P/c1-31(2)55(32(3)4)63(60-27-13-26-49)62-42-39(61-46(40(42)48)54-30-52-41-43(50-29-51-44(41)54)53-45(56)33-14-9-7-10-15-33)28-59-47(34-16-11-8-12-17-34,35-18-22-37(57-5)23-19-35)36-20-24-38(58-6)25-21-36/h7-12,14-25,29-32,39-40,42,46H,13,27-28H2,1-6H3,(H,50,51,53,56)/t39-,40+,42-,46-,63?/m1/s1. The van der Waals surface area contributed by atoms with Crippen molar-refractivity contribution in [2.75, 3.05) is 32.8 Å². The Hall–Kier alpha value is -5.85. The molecule has 1 fully saturated rings. The van der Waals surface area contributed by atoms with Gasteiger partial charge >= 0.3 is 0 Å². The Morgan fingerprint density at radius 3 is 2.03 bits per heavy atom. The minimum absolute atomic E-state index is 0.0567. The number of ether oxygens (including phenoxy) is 4. The van der Waals surface area contributed by atoms with Gasteiger partial charge in [-0.3, -0.25) is 9.36 Å². The van der Waals surface area contributed by atoms with E-state index in [4.69, 9.17) is 28.0 Å². The molecule has 1 amide bonds. The van der Waals surface area contributed by atoms with Gasteiger partial charge < -0.3 is 33.3 Å². The molecular formula is C47H51FN7O7P. The molecule has 4 aromatic carbocycles. The van der Waals surface area contributed by atoms with Crippen LogP contribution in [-0.2, 0) is 24.1 Å². The molecule has 14 nitrogen and oxygen atoms in total. The number of alkyl halides is 1. The lowest BCUT2D eigenvalue weighted by atomic mass is 9.80. The molecule has 1 saturated heterocycles. The fourth-order valence-corrected chi connectivity index (χ4v) is 9.52. The number of rotatable bonds is 19. The summed E-state index contributed by atoms with van der Waals surface area (Å²) in [5.74, 6) is 1.08. The molecule has 1 unspecified atom stereocenters. The first kappa shape index (κ1) is 45.2. The second kappa shape index (κ2) is 20.6. The van der Waals surface area contributed by atoms with Crippen LogP contribution in [0.25, 0.3) is 11.2 Å². The number of halogens is 1. The lowest BCUT2D eigenvalue weighted by Gasteiger charge is -2.39. The fourth-order valence-electron chi connectivity index (χ4n) is 7.76. The number of benzene rings is 4. The van der Waals surface area contributed by atoms with Gasteiger partial charge in [-0.25, -0.2) is 24.0 Å². The predicted octanol–water partition coefficient (Wildman–Crippen LogP) is 9.00. The monoisotopic (exact) mass is 875 g/mol. The maximum atomic E-state index is 17.7. The van der Waals surface area contributed by atoms with Gasteiger partial charge in [0.1, 0.15) is 35.6 Å². The normalized spacial score (nSPS) is 18.2. The number of nitrogens with zero attached hydrogens (tertiary/aromatic N) is 6. The summed E-state index contributed by atoms with van der Waals surface area (Å²) in [5, 5.41) is 12.2. The van der Waals surface area contributed by atoms with Crippen molar-refractivity contribution in [2.45, 2.75) is 76.4 Å². The van der Waals surface area contributed by atoms with Crippen molar-refractivity contribution in [1.82, 2.24) is 24.2 Å². The van der Waals surface area contributed by atoms with E-state index in [2.05, 4.69) is 26.3 Å². The zero-order valence-corrected chi connectivity index (χ0v) is 36.9. The van der Waals surface area contributed by atoms with Crippen LogP contribution >= 0.6 is 8.53 Å². The number of anilines is 1. The van der Waals surface area contributed by atoms with E-state index in [1.807, 2.05) is 117 Å². The van der Waals surface area contributed by atoms with Crippen LogP contribution in [0, 0.1) is 11.3 Å². The number of carbonyl (C=O) groups is 1. The number of fused-ring (bicyclic) bond motifs is 1. The zero-order valence-electron chi connectivity index (χ0n) is 36.0. The highest BCUT2D eigenvalue weighted by Gasteiger charge is 2.51. The van der Waals surface area contributed by atoms with Crippen molar-refractivity contribution in [3.63, 3.8) is 0 Å². The summed E-state index contributed by atoms with van der Waals surface area (Å²) in [5.41, 5.74) is 2.00. The molecule has 7 rings (SSSR count). The van der Waals surface area contributed by atoms with Crippen LogP contribution in [0.4, 0.5) is 10.2 Å². The SMILES string of the molecule is COc1ccc(C(OC[C@H]2O[C@@H](n3cnc4c(NC(=O)c5ccccc5)ncnc43)[C@@H](F)[C@@H]2OP(OCCC#N)N(C(C)C)C(C)C)(c2ccccc2)c2ccc(OC)cc2)cc1. The average Bonchev–Trinajstić information content (AvgIpc) is 3.87. The third kappa shape index (κ3) is 9.72. The third-order valence-electron chi connectivity index (χ3n) is 10.7. The van der Waals surface area contributed by atoms with Crippen molar-refractivity contribution in [3.8, 4) is 17.6 Å². The minimum Gasteiger partial charge on any atom is -0.497 e. The van der Waals surface area contributed by atoms with Crippen LogP contribution < -0.4 is 14.8 Å². The number of imidazole rings is 1. The molecular weight excluding hydrogens is 825 g/mol. The lowest BCUT2D eigenvalue weighted by Crippen LogP contribution is -2.41. The molecule has 0 spiro atoms. The first-order valence-electron chi connectivity index (χ1n) is 20.7. The topological polar surface area (TPSA) is 155 Å². The molecule has 1 aliphatic rings. The Kier molecular flexibility index (Phi) is 14.7. The number of hydrogen-bond acceptors (Lipinski definition) is 12. The minimum atomic E-state index is -1.93. The molecule has 0 aliphatic carbocycles. The molecule has 1 aliphatic heterocycles. The number of amides is 1. The fraction of sp³-hybridized carbons (Fsp3) is 0.340. The summed E-state index contributed by atoms with van der Waals surface area (Å²) in [4.78, 5) is 26.5. The van der Waals surface area contributed by atoms with Gasteiger partial charge in [0.25, 0.3) is 14.4 Å². The molecule has 63 heavy (non-hydrogen) atoms. The van der Waals surface area contributed by atoms with Crippen molar-refractivity contribution in [2.24, 2.45) is 0 Å². The molecule has 5 atom stereocenters.